The summed E-state index contributed by atoms with van der Waals surface area (Å²) in [5, 5.41) is 8.83. The number of hydrogen-bond donors (Lipinski definition) is 1. The Labute approximate surface area is 151 Å². The molecule has 2 aromatic carbocycles. The molecule has 0 radical (unpaired) electrons. The minimum absolute atomic E-state index is 0.0182. The van der Waals surface area contributed by atoms with E-state index in [1.54, 1.807) is 10.7 Å². The molecule has 1 aromatic heterocycles. The van der Waals surface area contributed by atoms with Gasteiger partial charge in [-0.05, 0) is 23.8 Å². The average Bonchev–Trinajstić information content (AvgIpc) is 2.98. The standard InChI is InChI=1S/C20H21FN4O/c1-24-18-8-3-2-7-16(18)17(23-24)12-20(26)25-10-9-22-13-19(25)14-5-4-6-15(21)11-14/h2-8,11,19,22H,9-10,12-13H2,1H3. The van der Waals surface area contributed by atoms with E-state index in [2.05, 4.69) is 10.4 Å². The van der Waals surface area contributed by atoms with Crippen LogP contribution in [0.15, 0.2) is 48.5 Å². The predicted molar refractivity (Wildman–Crippen MR) is 98.1 cm³/mol. The van der Waals surface area contributed by atoms with Crippen LogP contribution < -0.4 is 5.32 Å². The summed E-state index contributed by atoms with van der Waals surface area (Å²) in [5.41, 5.74) is 2.61. The van der Waals surface area contributed by atoms with E-state index in [1.165, 1.54) is 12.1 Å². The molecule has 0 aliphatic carbocycles. The van der Waals surface area contributed by atoms with Gasteiger partial charge < -0.3 is 10.2 Å². The van der Waals surface area contributed by atoms with E-state index in [1.807, 2.05) is 42.3 Å². The van der Waals surface area contributed by atoms with Gasteiger partial charge in [0.15, 0.2) is 0 Å². The van der Waals surface area contributed by atoms with Crippen LogP contribution in [-0.4, -0.2) is 40.2 Å². The van der Waals surface area contributed by atoms with Crippen molar-refractivity contribution in [3.8, 4) is 0 Å². The van der Waals surface area contributed by atoms with E-state index < -0.39 is 0 Å². The van der Waals surface area contributed by atoms with Crippen LogP contribution in [0.2, 0.25) is 0 Å². The molecular weight excluding hydrogens is 331 g/mol. The monoisotopic (exact) mass is 352 g/mol. The van der Waals surface area contributed by atoms with Crippen LogP contribution in [0.4, 0.5) is 4.39 Å². The van der Waals surface area contributed by atoms with Crippen LogP contribution in [0.1, 0.15) is 17.3 Å². The van der Waals surface area contributed by atoms with Crippen LogP contribution in [0, 0.1) is 5.82 Å². The fourth-order valence-electron chi connectivity index (χ4n) is 3.68. The summed E-state index contributed by atoms with van der Waals surface area (Å²) in [6.45, 7) is 1.96. The zero-order valence-corrected chi connectivity index (χ0v) is 14.7. The first-order chi connectivity index (χ1) is 12.6. The van der Waals surface area contributed by atoms with Crippen molar-refractivity contribution in [1.82, 2.24) is 20.0 Å². The maximum Gasteiger partial charge on any atom is 0.229 e. The van der Waals surface area contributed by atoms with E-state index in [0.29, 0.717) is 13.1 Å². The van der Waals surface area contributed by atoms with Crippen LogP contribution in [0.3, 0.4) is 0 Å². The molecule has 1 aliphatic heterocycles. The van der Waals surface area contributed by atoms with Crippen LogP contribution in [0.25, 0.3) is 10.9 Å². The summed E-state index contributed by atoms with van der Waals surface area (Å²) in [4.78, 5) is 14.9. The molecule has 134 valence electrons. The van der Waals surface area contributed by atoms with Gasteiger partial charge in [0.1, 0.15) is 5.82 Å². The highest BCUT2D eigenvalue weighted by molar-refractivity contribution is 5.88. The average molecular weight is 352 g/mol. The number of amides is 1. The summed E-state index contributed by atoms with van der Waals surface area (Å²) in [7, 11) is 1.89. The summed E-state index contributed by atoms with van der Waals surface area (Å²) in [5.74, 6) is -0.263. The minimum atomic E-state index is -0.281. The van der Waals surface area contributed by atoms with Crippen molar-refractivity contribution in [2.24, 2.45) is 7.05 Å². The van der Waals surface area contributed by atoms with Gasteiger partial charge in [-0.3, -0.25) is 9.48 Å². The number of benzene rings is 2. The third-order valence-corrected chi connectivity index (χ3v) is 4.95. The Morgan fingerprint density at radius 2 is 2.12 bits per heavy atom. The second-order valence-corrected chi connectivity index (χ2v) is 6.63. The highest BCUT2D eigenvalue weighted by Crippen LogP contribution is 2.25. The molecule has 5 nitrogen and oxygen atoms in total. The van der Waals surface area contributed by atoms with Gasteiger partial charge in [0.05, 0.1) is 23.7 Å². The summed E-state index contributed by atoms with van der Waals surface area (Å²) in [6.07, 6.45) is 0.243. The lowest BCUT2D eigenvalue weighted by atomic mass is 10.0. The van der Waals surface area contributed by atoms with Gasteiger partial charge >= 0.3 is 0 Å². The number of piperazine rings is 1. The first-order valence-corrected chi connectivity index (χ1v) is 8.80. The number of carbonyl (C=O) groups excluding carboxylic acids is 1. The number of aryl methyl sites for hydroxylation is 1. The quantitative estimate of drug-likeness (QED) is 0.788. The topological polar surface area (TPSA) is 50.2 Å². The molecular formula is C20H21FN4O. The first-order valence-electron chi connectivity index (χ1n) is 8.80. The second kappa shape index (κ2) is 6.88. The molecule has 1 saturated heterocycles. The Bertz CT molecular complexity index is 952. The number of hydrogen-bond acceptors (Lipinski definition) is 3. The molecule has 0 spiro atoms. The number of carbonyl (C=O) groups is 1. The van der Waals surface area contributed by atoms with E-state index in [-0.39, 0.29) is 24.2 Å². The summed E-state index contributed by atoms with van der Waals surface area (Å²) >= 11 is 0. The van der Waals surface area contributed by atoms with Crippen molar-refractivity contribution in [2.75, 3.05) is 19.6 Å². The maximum absolute atomic E-state index is 13.6. The lowest BCUT2D eigenvalue weighted by molar-refractivity contribution is -0.133. The van der Waals surface area contributed by atoms with E-state index in [9.17, 15) is 9.18 Å². The molecule has 1 unspecified atom stereocenters. The second-order valence-electron chi connectivity index (χ2n) is 6.63. The van der Waals surface area contributed by atoms with Crippen LogP contribution in [-0.2, 0) is 18.3 Å². The lowest BCUT2D eigenvalue weighted by Gasteiger charge is -2.36. The molecule has 6 heteroatoms. The maximum atomic E-state index is 13.6. The zero-order chi connectivity index (χ0) is 18.1. The van der Waals surface area contributed by atoms with Gasteiger partial charge in [0.25, 0.3) is 0 Å². The molecule has 3 aromatic rings. The molecule has 1 fully saturated rings. The van der Waals surface area contributed by atoms with Gasteiger partial charge in [-0.2, -0.15) is 5.10 Å². The molecule has 1 N–H and O–H groups in total. The van der Waals surface area contributed by atoms with Crippen molar-refractivity contribution in [2.45, 2.75) is 12.5 Å². The fourth-order valence-corrected chi connectivity index (χ4v) is 3.68. The van der Waals surface area contributed by atoms with Gasteiger partial charge in [-0.1, -0.05) is 30.3 Å². The first kappa shape index (κ1) is 16.7. The number of nitrogens with one attached hydrogen (secondary N) is 1. The Morgan fingerprint density at radius 1 is 1.27 bits per heavy atom. The SMILES string of the molecule is Cn1nc(CC(=O)N2CCNCC2c2cccc(F)c2)c2ccccc21. The smallest absolute Gasteiger partial charge is 0.229 e. The number of aromatic nitrogens is 2. The third kappa shape index (κ3) is 3.08. The number of nitrogens with zero attached hydrogens (tertiary/aromatic N) is 3. The van der Waals surface area contributed by atoms with Crippen molar-refractivity contribution >= 4 is 16.8 Å². The molecule has 2 heterocycles. The molecule has 1 aliphatic rings. The Morgan fingerprint density at radius 3 is 2.96 bits per heavy atom. The summed E-state index contributed by atoms with van der Waals surface area (Å²) in [6, 6.07) is 14.2. The van der Waals surface area contributed by atoms with Crippen molar-refractivity contribution < 1.29 is 9.18 Å². The van der Waals surface area contributed by atoms with E-state index in [0.717, 1.165) is 28.7 Å². The zero-order valence-electron chi connectivity index (χ0n) is 14.7. The molecule has 26 heavy (non-hydrogen) atoms. The van der Waals surface area contributed by atoms with Crippen molar-refractivity contribution in [1.29, 1.82) is 0 Å². The number of rotatable bonds is 3. The van der Waals surface area contributed by atoms with E-state index >= 15 is 0 Å². The largest absolute Gasteiger partial charge is 0.333 e. The van der Waals surface area contributed by atoms with E-state index in [4.69, 9.17) is 0 Å². The number of halogens is 1. The Balaban J connectivity index is 1.61. The third-order valence-electron chi connectivity index (χ3n) is 4.95. The van der Waals surface area contributed by atoms with Crippen molar-refractivity contribution in [3.05, 3.63) is 65.6 Å². The summed E-state index contributed by atoms with van der Waals surface area (Å²) < 4.78 is 15.4. The fraction of sp³-hybridized carbons (Fsp3) is 0.300. The van der Waals surface area contributed by atoms with Crippen LogP contribution >= 0.6 is 0 Å². The Hall–Kier alpha value is -2.73. The molecule has 4 rings (SSSR count). The minimum Gasteiger partial charge on any atom is -0.333 e. The highest BCUT2D eigenvalue weighted by Gasteiger charge is 2.29. The lowest BCUT2D eigenvalue weighted by Crippen LogP contribution is -2.49. The van der Waals surface area contributed by atoms with Crippen molar-refractivity contribution in [3.63, 3.8) is 0 Å². The molecule has 1 amide bonds. The van der Waals surface area contributed by atoms with Gasteiger partial charge in [-0.25, -0.2) is 4.39 Å². The van der Waals surface area contributed by atoms with Gasteiger partial charge in [0, 0.05) is 32.1 Å². The molecule has 1 atom stereocenters. The van der Waals surface area contributed by atoms with Crippen LogP contribution in [0.5, 0.6) is 0 Å². The predicted octanol–water partition coefficient (Wildman–Crippen LogP) is 2.43. The normalized spacial score (nSPS) is 17.6. The number of para-hydroxylation sites is 1. The Kier molecular flexibility index (Phi) is 4.42. The highest BCUT2D eigenvalue weighted by atomic mass is 19.1. The number of fused-ring (bicyclic) bond motifs is 1. The van der Waals surface area contributed by atoms with Gasteiger partial charge in [0.2, 0.25) is 5.91 Å². The molecule has 0 bridgehead atoms. The van der Waals surface area contributed by atoms with Gasteiger partial charge in [-0.15, -0.1) is 0 Å². The molecule has 0 saturated carbocycles.